The molecule has 172 valence electrons. The van der Waals surface area contributed by atoms with Crippen LogP contribution < -0.4 is 14.8 Å². The monoisotopic (exact) mass is 455 g/mol. The summed E-state index contributed by atoms with van der Waals surface area (Å²) in [6, 6.07) is 13.8. The number of benzene rings is 2. The molecule has 0 aliphatic carbocycles. The third-order valence-corrected chi connectivity index (χ3v) is 6.00. The zero-order valence-corrected chi connectivity index (χ0v) is 18.9. The van der Waals surface area contributed by atoms with Gasteiger partial charge in [-0.15, -0.1) is 0 Å². The van der Waals surface area contributed by atoms with Crippen molar-refractivity contribution in [1.29, 1.82) is 0 Å². The Morgan fingerprint density at radius 3 is 2.71 bits per heavy atom. The van der Waals surface area contributed by atoms with Crippen molar-refractivity contribution in [3.05, 3.63) is 67.6 Å². The Bertz CT molecular complexity index is 1370. The van der Waals surface area contributed by atoms with Crippen LogP contribution in [-0.2, 0) is 4.79 Å². The van der Waals surface area contributed by atoms with Gasteiger partial charge in [0.15, 0.2) is 11.5 Å². The number of hydrogen-bond acceptors (Lipinski definition) is 7. The van der Waals surface area contributed by atoms with Crippen LogP contribution in [0.1, 0.15) is 12.8 Å². The Balaban J connectivity index is 1.42. The van der Waals surface area contributed by atoms with Crippen molar-refractivity contribution >= 4 is 39.2 Å². The molecule has 2 aromatic heterocycles. The van der Waals surface area contributed by atoms with Gasteiger partial charge in [0.05, 0.1) is 30.0 Å². The van der Waals surface area contributed by atoms with Gasteiger partial charge in [0.25, 0.3) is 0 Å². The molecule has 8 nitrogen and oxygen atoms in total. The number of methoxy groups -OCH3 is 1. The van der Waals surface area contributed by atoms with Crippen molar-refractivity contribution in [2.45, 2.75) is 18.9 Å². The minimum absolute atomic E-state index is 0.0223. The van der Waals surface area contributed by atoms with Gasteiger partial charge in [-0.1, -0.05) is 24.8 Å². The van der Waals surface area contributed by atoms with Gasteiger partial charge in [-0.25, -0.2) is 9.97 Å². The Kier molecular flexibility index (Phi) is 5.95. The second kappa shape index (κ2) is 9.35. The number of carbonyl (C=O) groups excluding carboxylic acids is 1. The number of ether oxygens (including phenoxy) is 2. The number of nitrogens with one attached hydrogen (secondary N) is 1. The van der Waals surface area contributed by atoms with Crippen molar-refractivity contribution in [3.8, 4) is 11.5 Å². The van der Waals surface area contributed by atoms with Crippen LogP contribution in [0, 0.1) is 0 Å². The summed E-state index contributed by atoms with van der Waals surface area (Å²) in [6.07, 6.45) is 6.11. The average Bonchev–Trinajstić information content (AvgIpc) is 2.88. The van der Waals surface area contributed by atoms with Crippen LogP contribution in [0.25, 0.3) is 21.8 Å². The highest BCUT2D eigenvalue weighted by molar-refractivity contribution is 5.93. The Hall–Kier alpha value is -4.20. The number of anilines is 2. The largest absolute Gasteiger partial charge is 0.493 e. The number of aromatic nitrogens is 3. The second-order valence-corrected chi connectivity index (χ2v) is 8.13. The molecule has 8 heteroatoms. The molecule has 4 aromatic rings. The van der Waals surface area contributed by atoms with Crippen molar-refractivity contribution in [2.24, 2.45) is 0 Å². The lowest BCUT2D eigenvalue weighted by atomic mass is 10.1. The van der Waals surface area contributed by atoms with E-state index < -0.39 is 0 Å². The Morgan fingerprint density at radius 1 is 1.09 bits per heavy atom. The summed E-state index contributed by atoms with van der Waals surface area (Å²) in [7, 11) is 1.61. The summed E-state index contributed by atoms with van der Waals surface area (Å²) >= 11 is 0. The number of pyridine rings is 1. The van der Waals surface area contributed by atoms with E-state index >= 15 is 0 Å². The summed E-state index contributed by atoms with van der Waals surface area (Å²) in [5.74, 6) is 1.84. The summed E-state index contributed by atoms with van der Waals surface area (Å²) in [6.45, 7) is 4.84. The minimum Gasteiger partial charge on any atom is -0.493 e. The Labute approximate surface area is 197 Å². The van der Waals surface area contributed by atoms with E-state index in [1.807, 2.05) is 42.5 Å². The summed E-state index contributed by atoms with van der Waals surface area (Å²) in [5.41, 5.74) is 2.50. The van der Waals surface area contributed by atoms with Crippen molar-refractivity contribution < 1.29 is 14.3 Å². The molecular formula is C26H25N5O3. The van der Waals surface area contributed by atoms with E-state index in [4.69, 9.17) is 9.47 Å². The molecule has 1 aliphatic heterocycles. The number of likely N-dealkylation sites (tertiary alicyclic amines) is 1. The molecule has 0 atom stereocenters. The summed E-state index contributed by atoms with van der Waals surface area (Å²) < 4.78 is 11.9. The summed E-state index contributed by atoms with van der Waals surface area (Å²) in [4.78, 5) is 27.0. The van der Waals surface area contributed by atoms with E-state index in [1.165, 1.54) is 12.4 Å². The minimum atomic E-state index is -0.0437. The first kappa shape index (κ1) is 21.6. The van der Waals surface area contributed by atoms with Crippen molar-refractivity contribution in [1.82, 2.24) is 19.9 Å². The molecule has 34 heavy (non-hydrogen) atoms. The van der Waals surface area contributed by atoms with Gasteiger partial charge >= 0.3 is 0 Å². The van der Waals surface area contributed by atoms with Gasteiger partial charge in [-0.3, -0.25) is 9.78 Å². The zero-order valence-electron chi connectivity index (χ0n) is 18.9. The quantitative estimate of drug-likeness (QED) is 0.429. The summed E-state index contributed by atoms with van der Waals surface area (Å²) in [5, 5.41) is 5.22. The van der Waals surface area contributed by atoms with E-state index in [1.54, 1.807) is 18.2 Å². The van der Waals surface area contributed by atoms with Crippen molar-refractivity contribution in [2.75, 3.05) is 25.5 Å². The number of carbonyl (C=O) groups is 1. The maximum Gasteiger partial charge on any atom is 0.245 e. The number of nitrogens with zero attached hydrogens (tertiary/aromatic N) is 4. The SMILES string of the molecule is C=CC(=O)N1CCC(Oc2cc3c(Nc4cnc5ccccc5c4)ncnc3cc2OC)CC1. The number of para-hydroxylation sites is 1. The lowest BCUT2D eigenvalue weighted by Gasteiger charge is -2.31. The van der Waals surface area contributed by atoms with Gasteiger partial charge in [0.1, 0.15) is 18.2 Å². The molecule has 0 unspecified atom stereocenters. The predicted molar refractivity (Wildman–Crippen MR) is 132 cm³/mol. The van der Waals surface area contributed by atoms with Crippen LogP contribution >= 0.6 is 0 Å². The number of fused-ring (bicyclic) bond motifs is 2. The highest BCUT2D eigenvalue weighted by atomic mass is 16.5. The molecule has 0 radical (unpaired) electrons. The molecule has 2 aromatic carbocycles. The van der Waals surface area contributed by atoms with E-state index in [2.05, 4.69) is 26.8 Å². The van der Waals surface area contributed by atoms with Gasteiger partial charge < -0.3 is 19.7 Å². The number of hydrogen-bond donors (Lipinski definition) is 1. The fraction of sp³-hybridized carbons (Fsp3) is 0.231. The zero-order chi connectivity index (χ0) is 23.5. The first-order valence-electron chi connectivity index (χ1n) is 11.2. The molecule has 0 bridgehead atoms. The highest BCUT2D eigenvalue weighted by Crippen LogP contribution is 2.36. The molecule has 1 amide bonds. The molecule has 5 rings (SSSR count). The van der Waals surface area contributed by atoms with Gasteiger partial charge in [-0.2, -0.15) is 0 Å². The van der Waals surface area contributed by atoms with Crippen molar-refractivity contribution in [3.63, 3.8) is 0 Å². The first-order chi connectivity index (χ1) is 16.6. The normalized spacial score (nSPS) is 14.2. The molecule has 1 aliphatic rings. The van der Waals surface area contributed by atoms with Crippen LogP contribution in [0.3, 0.4) is 0 Å². The predicted octanol–water partition coefficient (Wildman–Crippen LogP) is 4.49. The molecule has 3 heterocycles. The van der Waals surface area contributed by atoms with Gasteiger partial charge in [0, 0.05) is 42.8 Å². The van der Waals surface area contributed by atoms with Crippen LogP contribution in [0.15, 0.2) is 67.6 Å². The molecule has 1 N–H and O–H groups in total. The van der Waals surface area contributed by atoms with E-state index in [0.29, 0.717) is 30.4 Å². The molecule has 0 spiro atoms. The second-order valence-electron chi connectivity index (χ2n) is 8.13. The van der Waals surface area contributed by atoms with Crippen LogP contribution in [0.5, 0.6) is 11.5 Å². The smallest absolute Gasteiger partial charge is 0.245 e. The molecule has 1 saturated heterocycles. The molecular weight excluding hydrogens is 430 g/mol. The van der Waals surface area contributed by atoms with Gasteiger partial charge in [-0.05, 0) is 24.3 Å². The topological polar surface area (TPSA) is 89.5 Å². The third kappa shape index (κ3) is 4.34. The maximum absolute atomic E-state index is 11.9. The average molecular weight is 456 g/mol. The first-order valence-corrected chi connectivity index (χ1v) is 11.2. The molecule has 1 fully saturated rings. The van der Waals surface area contributed by atoms with E-state index in [0.717, 1.165) is 40.3 Å². The fourth-order valence-electron chi connectivity index (χ4n) is 4.19. The molecule has 0 saturated carbocycles. The highest BCUT2D eigenvalue weighted by Gasteiger charge is 2.24. The standard InChI is InChI=1S/C26H25N5O3/c1-3-25(32)31-10-8-19(9-11-31)34-24-13-20-22(14-23(24)33-2)28-16-29-26(20)30-18-12-17-6-4-5-7-21(17)27-15-18/h3-7,12-16,19H,1,8-11H2,2H3,(H,28,29,30). The van der Waals surface area contributed by atoms with Crippen LogP contribution in [0.4, 0.5) is 11.5 Å². The fourth-order valence-corrected chi connectivity index (χ4v) is 4.19. The van der Waals surface area contributed by atoms with E-state index in [-0.39, 0.29) is 12.0 Å². The number of amides is 1. The van der Waals surface area contributed by atoms with Crippen LogP contribution in [-0.4, -0.2) is 52.1 Å². The maximum atomic E-state index is 11.9. The third-order valence-electron chi connectivity index (χ3n) is 6.00. The number of rotatable bonds is 6. The lowest BCUT2D eigenvalue weighted by molar-refractivity contribution is -0.127. The van der Waals surface area contributed by atoms with Gasteiger partial charge in [0.2, 0.25) is 5.91 Å². The van der Waals surface area contributed by atoms with E-state index in [9.17, 15) is 4.79 Å². The Morgan fingerprint density at radius 2 is 1.91 bits per heavy atom. The lowest BCUT2D eigenvalue weighted by Crippen LogP contribution is -2.41. The van der Waals surface area contributed by atoms with Crippen LogP contribution in [0.2, 0.25) is 0 Å². The number of piperidine rings is 1.